The van der Waals surface area contributed by atoms with E-state index >= 15 is 0 Å². The summed E-state index contributed by atoms with van der Waals surface area (Å²) < 4.78 is 5.22. The van der Waals surface area contributed by atoms with Gasteiger partial charge in [0.25, 0.3) is 0 Å². The first kappa shape index (κ1) is 14.4. The molecule has 2 aromatic rings. The maximum Gasteiger partial charge on any atom is 0.414 e. The van der Waals surface area contributed by atoms with Crippen LogP contribution in [0.25, 0.3) is 11.3 Å². The van der Waals surface area contributed by atoms with Crippen molar-refractivity contribution >= 4 is 12.0 Å². The van der Waals surface area contributed by atoms with E-state index in [1.807, 2.05) is 13.8 Å². The summed E-state index contributed by atoms with van der Waals surface area (Å²) in [7, 11) is 0. The molecule has 1 saturated carbocycles. The monoisotopic (exact) mass is 301 g/mol. The third-order valence-electron chi connectivity index (χ3n) is 3.34. The van der Waals surface area contributed by atoms with E-state index in [2.05, 4.69) is 25.6 Å². The van der Waals surface area contributed by atoms with Crippen molar-refractivity contribution < 1.29 is 9.53 Å². The summed E-state index contributed by atoms with van der Waals surface area (Å²) in [6.07, 6.45) is 5.17. The van der Waals surface area contributed by atoms with Crippen LogP contribution in [-0.4, -0.2) is 33.6 Å². The van der Waals surface area contributed by atoms with Crippen LogP contribution in [0, 0.1) is 6.92 Å². The second-order valence-corrected chi connectivity index (χ2v) is 5.32. The quantitative estimate of drug-likeness (QED) is 0.789. The standard InChI is InChI=1S/C15H19N5O2/c1-3-16-14-18-7-9(2)13(20-14)10-6-12(17-8-10)22-15(21)19-11-4-5-11/h6-8,11,17H,3-5H2,1-2H3,(H,19,21)(H,16,18,20). The number of carbonyl (C=O) groups is 1. The molecule has 3 rings (SSSR count). The normalized spacial score (nSPS) is 13.7. The first-order valence-corrected chi connectivity index (χ1v) is 7.40. The van der Waals surface area contributed by atoms with E-state index in [9.17, 15) is 4.79 Å². The molecule has 1 aliphatic carbocycles. The fraction of sp³-hybridized carbons (Fsp3) is 0.400. The van der Waals surface area contributed by atoms with Crippen molar-refractivity contribution in [1.82, 2.24) is 20.3 Å². The van der Waals surface area contributed by atoms with Gasteiger partial charge >= 0.3 is 6.09 Å². The zero-order valence-electron chi connectivity index (χ0n) is 12.6. The van der Waals surface area contributed by atoms with Crippen LogP contribution < -0.4 is 15.4 Å². The Balaban J connectivity index is 1.74. The molecule has 0 aromatic carbocycles. The molecule has 3 N–H and O–H groups in total. The summed E-state index contributed by atoms with van der Waals surface area (Å²) in [6, 6.07) is 2.03. The Kier molecular flexibility index (Phi) is 3.95. The van der Waals surface area contributed by atoms with Crippen molar-refractivity contribution in [3.05, 3.63) is 24.0 Å². The number of anilines is 1. The molecule has 0 unspecified atom stereocenters. The van der Waals surface area contributed by atoms with Gasteiger partial charge in [-0.2, -0.15) is 0 Å². The van der Waals surface area contributed by atoms with Gasteiger partial charge in [0.15, 0.2) is 0 Å². The van der Waals surface area contributed by atoms with Crippen LogP contribution in [0.2, 0.25) is 0 Å². The van der Waals surface area contributed by atoms with Crippen molar-refractivity contribution in [2.24, 2.45) is 0 Å². The van der Waals surface area contributed by atoms with Gasteiger partial charge in [-0.25, -0.2) is 14.8 Å². The van der Waals surface area contributed by atoms with Crippen LogP contribution in [0.1, 0.15) is 25.3 Å². The van der Waals surface area contributed by atoms with E-state index < -0.39 is 6.09 Å². The number of hydrogen-bond donors (Lipinski definition) is 3. The molecule has 1 aliphatic rings. The summed E-state index contributed by atoms with van der Waals surface area (Å²) in [6.45, 7) is 4.69. The first-order chi connectivity index (χ1) is 10.7. The fourth-order valence-electron chi connectivity index (χ4n) is 2.07. The Morgan fingerprint density at radius 1 is 1.50 bits per heavy atom. The average Bonchev–Trinajstić information content (AvgIpc) is 3.17. The van der Waals surface area contributed by atoms with Crippen LogP contribution in [-0.2, 0) is 0 Å². The van der Waals surface area contributed by atoms with E-state index in [0.717, 1.165) is 36.2 Å². The largest absolute Gasteiger partial charge is 0.414 e. The van der Waals surface area contributed by atoms with Crippen molar-refractivity contribution in [2.45, 2.75) is 32.7 Å². The number of H-pyrrole nitrogens is 1. The van der Waals surface area contributed by atoms with Gasteiger partial charge in [0, 0.05) is 36.6 Å². The average molecular weight is 301 g/mol. The SMILES string of the molecule is CCNc1ncc(C)c(-c2c[nH]c(OC(=O)NC3CC3)c2)n1. The van der Waals surface area contributed by atoms with Crippen molar-refractivity contribution in [3.8, 4) is 17.1 Å². The molecule has 1 amide bonds. The number of ether oxygens (including phenoxy) is 1. The minimum Gasteiger partial charge on any atom is -0.393 e. The topological polar surface area (TPSA) is 91.9 Å². The molecule has 0 saturated heterocycles. The number of nitrogens with zero attached hydrogens (tertiary/aromatic N) is 2. The second-order valence-electron chi connectivity index (χ2n) is 5.32. The fourth-order valence-corrected chi connectivity index (χ4v) is 2.07. The Hall–Kier alpha value is -2.57. The van der Waals surface area contributed by atoms with E-state index in [1.54, 1.807) is 18.5 Å². The van der Waals surface area contributed by atoms with Gasteiger partial charge in [-0.05, 0) is 32.3 Å². The molecule has 0 aliphatic heterocycles. The highest BCUT2D eigenvalue weighted by molar-refractivity contribution is 5.72. The number of rotatable bonds is 5. The summed E-state index contributed by atoms with van der Waals surface area (Å²) in [5, 5.41) is 5.86. The molecular formula is C15H19N5O2. The van der Waals surface area contributed by atoms with E-state index in [0.29, 0.717) is 11.8 Å². The molecule has 116 valence electrons. The third kappa shape index (κ3) is 3.36. The predicted octanol–water partition coefficient (Wildman–Crippen LogP) is 2.46. The Labute approximate surface area is 128 Å². The predicted molar refractivity (Wildman–Crippen MR) is 82.9 cm³/mol. The summed E-state index contributed by atoms with van der Waals surface area (Å²) in [5.41, 5.74) is 2.61. The second kappa shape index (κ2) is 6.05. The molecule has 0 bridgehead atoms. The Morgan fingerprint density at radius 2 is 2.32 bits per heavy atom. The summed E-state index contributed by atoms with van der Waals surface area (Å²) in [5.74, 6) is 0.981. The van der Waals surface area contributed by atoms with Gasteiger partial charge < -0.3 is 20.4 Å². The number of amides is 1. The number of nitrogens with one attached hydrogen (secondary N) is 3. The zero-order chi connectivity index (χ0) is 15.5. The molecule has 0 spiro atoms. The lowest BCUT2D eigenvalue weighted by molar-refractivity contribution is 0.198. The van der Waals surface area contributed by atoms with Crippen molar-refractivity contribution in [3.63, 3.8) is 0 Å². The van der Waals surface area contributed by atoms with E-state index in [4.69, 9.17) is 4.74 Å². The first-order valence-electron chi connectivity index (χ1n) is 7.40. The maximum absolute atomic E-state index is 11.6. The van der Waals surface area contributed by atoms with Gasteiger partial charge in [0.05, 0.1) is 5.69 Å². The maximum atomic E-state index is 11.6. The van der Waals surface area contributed by atoms with Gasteiger partial charge in [-0.15, -0.1) is 0 Å². The minimum absolute atomic E-state index is 0.272. The van der Waals surface area contributed by atoms with Gasteiger partial charge in [-0.1, -0.05) is 0 Å². The highest BCUT2D eigenvalue weighted by Crippen LogP contribution is 2.25. The lowest BCUT2D eigenvalue weighted by Crippen LogP contribution is -2.28. The number of carbonyl (C=O) groups excluding carboxylic acids is 1. The minimum atomic E-state index is -0.427. The Morgan fingerprint density at radius 3 is 3.05 bits per heavy atom. The van der Waals surface area contributed by atoms with Crippen LogP contribution >= 0.6 is 0 Å². The zero-order valence-corrected chi connectivity index (χ0v) is 12.6. The van der Waals surface area contributed by atoms with Crippen molar-refractivity contribution in [1.29, 1.82) is 0 Å². The molecule has 22 heavy (non-hydrogen) atoms. The molecule has 1 fully saturated rings. The Bertz CT molecular complexity index is 678. The molecule has 0 radical (unpaired) electrons. The van der Waals surface area contributed by atoms with E-state index in [-0.39, 0.29) is 6.04 Å². The van der Waals surface area contributed by atoms with Crippen LogP contribution in [0.5, 0.6) is 5.88 Å². The number of aryl methyl sites for hydroxylation is 1. The van der Waals surface area contributed by atoms with Crippen LogP contribution in [0.3, 0.4) is 0 Å². The number of aromatic amines is 1. The van der Waals surface area contributed by atoms with Crippen LogP contribution in [0.15, 0.2) is 18.5 Å². The van der Waals surface area contributed by atoms with Crippen LogP contribution in [0.4, 0.5) is 10.7 Å². The highest BCUT2D eigenvalue weighted by Gasteiger charge is 2.24. The summed E-state index contributed by atoms with van der Waals surface area (Å²) in [4.78, 5) is 23.3. The lowest BCUT2D eigenvalue weighted by Gasteiger charge is -2.06. The molecule has 7 heteroatoms. The van der Waals surface area contributed by atoms with E-state index in [1.165, 1.54) is 0 Å². The summed E-state index contributed by atoms with van der Waals surface area (Å²) >= 11 is 0. The van der Waals surface area contributed by atoms with Gasteiger partial charge in [0.2, 0.25) is 11.8 Å². The molecule has 2 heterocycles. The molecule has 7 nitrogen and oxygen atoms in total. The van der Waals surface area contributed by atoms with Crippen molar-refractivity contribution in [2.75, 3.05) is 11.9 Å². The number of aromatic nitrogens is 3. The lowest BCUT2D eigenvalue weighted by atomic mass is 10.1. The molecule has 0 atom stereocenters. The number of hydrogen-bond acceptors (Lipinski definition) is 5. The van der Waals surface area contributed by atoms with Gasteiger partial charge in [0.1, 0.15) is 0 Å². The third-order valence-corrected chi connectivity index (χ3v) is 3.34. The molecule has 2 aromatic heterocycles. The smallest absolute Gasteiger partial charge is 0.393 e. The highest BCUT2D eigenvalue weighted by atomic mass is 16.6. The van der Waals surface area contributed by atoms with Gasteiger partial charge in [-0.3, -0.25) is 0 Å². The molecular weight excluding hydrogens is 282 g/mol.